The predicted molar refractivity (Wildman–Crippen MR) is 188 cm³/mol. The number of unbranched alkanes of at least 4 members (excludes halogenated alkanes) is 4. The molecule has 4 amide bonds. The van der Waals surface area contributed by atoms with Crippen LogP contribution in [0.5, 0.6) is 11.5 Å². The van der Waals surface area contributed by atoms with E-state index >= 15 is 0 Å². The number of hydroxylamine groups is 2. The van der Waals surface area contributed by atoms with Gasteiger partial charge in [0.25, 0.3) is 23.6 Å². The molecule has 264 valence electrons. The Morgan fingerprint density at radius 1 is 0.471 bits per heavy atom. The molecule has 0 unspecified atom stereocenters. The minimum atomic E-state index is -0.663. The first-order valence-corrected chi connectivity index (χ1v) is 16.1. The Kier molecular flexibility index (Phi) is 14.8. The Balaban J connectivity index is 1.02. The lowest BCUT2D eigenvalue weighted by Gasteiger charge is -2.08. The molecule has 4 rings (SSSR count). The molecule has 0 spiro atoms. The van der Waals surface area contributed by atoms with Crippen LogP contribution in [0.2, 0.25) is 0 Å². The number of carbonyl (C=O) groups is 4. The molecular weight excluding hydrogens is 656 g/mol. The van der Waals surface area contributed by atoms with Gasteiger partial charge in [-0.3, -0.25) is 29.6 Å². The van der Waals surface area contributed by atoms with Gasteiger partial charge in [-0.25, -0.2) is 21.8 Å². The van der Waals surface area contributed by atoms with E-state index in [-0.39, 0.29) is 11.1 Å². The minimum Gasteiger partial charge on any atom is -0.494 e. The normalized spacial score (nSPS) is 10.9. The van der Waals surface area contributed by atoms with E-state index in [4.69, 9.17) is 19.9 Å². The van der Waals surface area contributed by atoms with Gasteiger partial charge in [0.2, 0.25) is 0 Å². The molecule has 0 aliphatic heterocycles. The molecule has 0 aromatic heterocycles. The molecule has 4 aromatic carbocycles. The van der Waals surface area contributed by atoms with Crippen molar-refractivity contribution in [3.05, 3.63) is 130 Å². The zero-order chi connectivity index (χ0) is 36.3. The summed E-state index contributed by atoms with van der Waals surface area (Å²) in [5.41, 5.74) is 10.6. The standard InChI is InChI=1S/C37H38N6O8/c44-34(28-10-14-30(15-11-28)36(46)42-48)40-38-24-26-6-18-32(19-7-26)50-22-4-2-1-3-5-23-51-33-20-8-27(9-21-33)25-39-41-35(45)29-12-16-31(17-13-29)37(47)43-49/h6-21,24-25,48-49H,1-5,22-23H2,(H,40,44)(H,41,45)(H,42,46)(H,43,47)/b38-24+,39-25+. The lowest BCUT2D eigenvalue weighted by Crippen LogP contribution is -2.20. The van der Waals surface area contributed by atoms with E-state index in [1.165, 1.54) is 71.9 Å². The number of rotatable bonds is 18. The molecule has 0 radical (unpaired) electrons. The van der Waals surface area contributed by atoms with Crippen molar-refractivity contribution in [3.63, 3.8) is 0 Å². The van der Waals surface area contributed by atoms with Gasteiger partial charge in [-0.1, -0.05) is 19.3 Å². The SMILES string of the molecule is O=C(NO)c1ccc(C(=O)N/N=C/c2ccc(OCCCCCCCOc3ccc(/C=N/NC(=O)c4ccc(C(=O)NO)cc4)cc3)cc2)cc1. The molecular formula is C37H38N6O8. The van der Waals surface area contributed by atoms with Gasteiger partial charge in [0.15, 0.2) is 0 Å². The molecule has 0 fully saturated rings. The maximum absolute atomic E-state index is 12.2. The predicted octanol–water partition coefficient (Wildman–Crippen LogP) is 4.86. The molecule has 0 atom stereocenters. The van der Waals surface area contributed by atoms with Crippen LogP contribution in [-0.2, 0) is 0 Å². The van der Waals surface area contributed by atoms with Crippen LogP contribution < -0.4 is 31.3 Å². The van der Waals surface area contributed by atoms with E-state index < -0.39 is 23.6 Å². The molecule has 0 heterocycles. The zero-order valence-electron chi connectivity index (χ0n) is 27.6. The van der Waals surface area contributed by atoms with E-state index in [2.05, 4.69) is 21.1 Å². The number of carbonyl (C=O) groups excluding carboxylic acids is 4. The van der Waals surface area contributed by atoms with Crippen LogP contribution >= 0.6 is 0 Å². The number of hydrogen-bond donors (Lipinski definition) is 6. The Morgan fingerprint density at radius 3 is 1.12 bits per heavy atom. The van der Waals surface area contributed by atoms with E-state index in [0.717, 1.165) is 54.7 Å². The second kappa shape index (κ2) is 20.2. The first-order valence-electron chi connectivity index (χ1n) is 16.1. The van der Waals surface area contributed by atoms with Crippen molar-refractivity contribution < 1.29 is 39.1 Å². The van der Waals surface area contributed by atoms with Crippen molar-refractivity contribution in [1.82, 2.24) is 21.8 Å². The zero-order valence-corrected chi connectivity index (χ0v) is 27.6. The lowest BCUT2D eigenvalue weighted by molar-refractivity contribution is 0.0702. The van der Waals surface area contributed by atoms with Crippen molar-refractivity contribution in [1.29, 1.82) is 0 Å². The third-order valence-electron chi connectivity index (χ3n) is 7.37. The molecule has 6 N–H and O–H groups in total. The Labute approximate surface area is 294 Å². The van der Waals surface area contributed by atoms with E-state index in [1.807, 2.05) is 48.5 Å². The highest BCUT2D eigenvalue weighted by molar-refractivity contribution is 5.98. The van der Waals surface area contributed by atoms with Crippen molar-refractivity contribution >= 4 is 36.1 Å². The Morgan fingerprint density at radius 2 is 0.784 bits per heavy atom. The molecule has 14 heteroatoms. The molecule has 0 aliphatic carbocycles. The summed E-state index contributed by atoms with van der Waals surface area (Å²) in [4.78, 5) is 47.2. The highest BCUT2D eigenvalue weighted by Gasteiger charge is 2.09. The van der Waals surface area contributed by atoms with Crippen LogP contribution in [0.25, 0.3) is 0 Å². The summed E-state index contributed by atoms with van der Waals surface area (Å²) >= 11 is 0. The van der Waals surface area contributed by atoms with Crippen LogP contribution in [0.4, 0.5) is 0 Å². The number of nitrogens with one attached hydrogen (secondary N) is 4. The molecule has 0 bridgehead atoms. The topological polar surface area (TPSA) is 200 Å². The summed E-state index contributed by atoms with van der Waals surface area (Å²) in [6.07, 6.45) is 8.05. The average molecular weight is 695 g/mol. The fourth-order valence-corrected chi connectivity index (χ4v) is 4.55. The molecule has 4 aromatic rings. The minimum absolute atomic E-state index is 0.222. The number of nitrogens with zero attached hydrogens (tertiary/aromatic N) is 2. The summed E-state index contributed by atoms with van der Waals surface area (Å²) < 4.78 is 11.7. The van der Waals surface area contributed by atoms with Gasteiger partial charge in [0.1, 0.15) is 11.5 Å². The van der Waals surface area contributed by atoms with Gasteiger partial charge in [0.05, 0.1) is 25.6 Å². The van der Waals surface area contributed by atoms with E-state index in [9.17, 15) is 19.2 Å². The highest BCUT2D eigenvalue weighted by Crippen LogP contribution is 2.14. The summed E-state index contributed by atoms with van der Waals surface area (Å²) in [5.74, 6) is -0.701. The van der Waals surface area contributed by atoms with Crippen LogP contribution in [-0.4, -0.2) is 59.7 Å². The quantitative estimate of drug-likeness (QED) is 0.0367. The Bertz CT molecular complexity index is 1660. The summed E-state index contributed by atoms with van der Waals surface area (Å²) in [5, 5.41) is 25.3. The van der Waals surface area contributed by atoms with Crippen molar-refractivity contribution in [2.45, 2.75) is 32.1 Å². The van der Waals surface area contributed by atoms with Crippen LogP contribution in [0.1, 0.15) is 84.7 Å². The molecule has 0 aliphatic rings. The lowest BCUT2D eigenvalue weighted by atomic mass is 10.1. The number of hydrogen-bond acceptors (Lipinski definition) is 10. The van der Waals surface area contributed by atoms with Crippen molar-refractivity contribution in [2.75, 3.05) is 13.2 Å². The van der Waals surface area contributed by atoms with Crippen molar-refractivity contribution in [3.8, 4) is 11.5 Å². The first kappa shape index (κ1) is 37.4. The number of benzene rings is 4. The van der Waals surface area contributed by atoms with Crippen molar-refractivity contribution in [2.24, 2.45) is 10.2 Å². The third-order valence-corrected chi connectivity index (χ3v) is 7.37. The fraction of sp³-hybridized carbons (Fsp3) is 0.189. The second-order valence-electron chi connectivity index (χ2n) is 11.0. The van der Waals surface area contributed by atoms with Crippen LogP contribution in [0, 0.1) is 0 Å². The summed E-state index contributed by atoms with van der Waals surface area (Å²) in [6, 6.07) is 26.2. The third kappa shape index (κ3) is 12.5. The van der Waals surface area contributed by atoms with Gasteiger partial charge in [-0.05, 0) is 121 Å². The smallest absolute Gasteiger partial charge is 0.274 e. The number of hydrazone groups is 2. The van der Waals surface area contributed by atoms with Gasteiger partial charge < -0.3 is 9.47 Å². The maximum Gasteiger partial charge on any atom is 0.274 e. The van der Waals surface area contributed by atoms with Crippen LogP contribution in [0.3, 0.4) is 0 Å². The van der Waals surface area contributed by atoms with E-state index in [0.29, 0.717) is 24.3 Å². The second-order valence-corrected chi connectivity index (χ2v) is 11.0. The van der Waals surface area contributed by atoms with Gasteiger partial charge >= 0.3 is 0 Å². The van der Waals surface area contributed by atoms with E-state index in [1.54, 1.807) is 0 Å². The molecule has 0 saturated heterocycles. The summed E-state index contributed by atoms with van der Waals surface area (Å²) in [6.45, 7) is 1.22. The Hall–Kier alpha value is -6.38. The monoisotopic (exact) mass is 694 g/mol. The average Bonchev–Trinajstić information content (AvgIpc) is 3.17. The maximum atomic E-state index is 12.2. The van der Waals surface area contributed by atoms with Gasteiger partial charge in [-0.2, -0.15) is 10.2 Å². The van der Waals surface area contributed by atoms with Gasteiger partial charge in [0, 0.05) is 22.3 Å². The fourth-order valence-electron chi connectivity index (χ4n) is 4.55. The number of ether oxygens (including phenoxy) is 2. The largest absolute Gasteiger partial charge is 0.494 e. The summed E-state index contributed by atoms with van der Waals surface area (Å²) in [7, 11) is 0. The van der Waals surface area contributed by atoms with Crippen LogP contribution in [0.15, 0.2) is 107 Å². The number of amides is 4. The molecule has 14 nitrogen and oxygen atoms in total. The molecule has 0 saturated carbocycles. The molecule has 51 heavy (non-hydrogen) atoms. The van der Waals surface area contributed by atoms with Gasteiger partial charge in [-0.15, -0.1) is 0 Å². The highest BCUT2D eigenvalue weighted by atomic mass is 16.5. The first-order chi connectivity index (χ1) is 24.9.